The van der Waals surface area contributed by atoms with E-state index in [-0.39, 0.29) is 6.09 Å². The lowest BCUT2D eigenvalue weighted by Crippen LogP contribution is -2.51. The molecular weight excluding hydrogens is 264 g/mol. The number of nitrogens with zero attached hydrogens (tertiary/aromatic N) is 1. The molecular formula is C17H26N2O2. The zero-order valence-corrected chi connectivity index (χ0v) is 13.0. The summed E-state index contributed by atoms with van der Waals surface area (Å²) in [5, 5.41) is 3.58. The van der Waals surface area contributed by atoms with Gasteiger partial charge in [0.25, 0.3) is 0 Å². The van der Waals surface area contributed by atoms with Crippen molar-refractivity contribution in [2.45, 2.75) is 39.3 Å². The Labute approximate surface area is 127 Å². The van der Waals surface area contributed by atoms with Crippen molar-refractivity contribution in [3.8, 4) is 0 Å². The normalized spacial score (nSPS) is 22.1. The topological polar surface area (TPSA) is 41.6 Å². The van der Waals surface area contributed by atoms with Crippen LogP contribution in [-0.4, -0.2) is 36.7 Å². The molecule has 2 unspecified atom stereocenters. The van der Waals surface area contributed by atoms with Crippen LogP contribution in [-0.2, 0) is 11.3 Å². The van der Waals surface area contributed by atoms with E-state index in [1.807, 2.05) is 17.9 Å². The van der Waals surface area contributed by atoms with E-state index in [4.69, 9.17) is 4.74 Å². The van der Waals surface area contributed by atoms with Crippen LogP contribution in [0.5, 0.6) is 0 Å². The molecule has 21 heavy (non-hydrogen) atoms. The maximum atomic E-state index is 12.0. The van der Waals surface area contributed by atoms with Gasteiger partial charge in [0.05, 0.1) is 6.61 Å². The SMILES string of the molecule is CCOC(=O)N1CC(CC)CC(NCc2ccccc2)C1. The highest BCUT2D eigenvalue weighted by Crippen LogP contribution is 2.20. The van der Waals surface area contributed by atoms with Crippen molar-refractivity contribution >= 4 is 6.09 Å². The predicted molar refractivity (Wildman–Crippen MR) is 84.1 cm³/mol. The number of rotatable bonds is 5. The van der Waals surface area contributed by atoms with Crippen molar-refractivity contribution in [2.24, 2.45) is 5.92 Å². The number of carbonyl (C=O) groups excluding carboxylic acids is 1. The van der Waals surface area contributed by atoms with Gasteiger partial charge in [0.2, 0.25) is 0 Å². The molecule has 0 bridgehead atoms. The van der Waals surface area contributed by atoms with E-state index in [2.05, 4.69) is 36.5 Å². The van der Waals surface area contributed by atoms with Gasteiger partial charge >= 0.3 is 6.09 Å². The van der Waals surface area contributed by atoms with Crippen LogP contribution >= 0.6 is 0 Å². The van der Waals surface area contributed by atoms with E-state index in [9.17, 15) is 4.79 Å². The van der Waals surface area contributed by atoms with Gasteiger partial charge < -0.3 is 15.0 Å². The van der Waals surface area contributed by atoms with E-state index in [0.29, 0.717) is 18.6 Å². The van der Waals surface area contributed by atoms with Gasteiger partial charge in [-0.1, -0.05) is 43.7 Å². The summed E-state index contributed by atoms with van der Waals surface area (Å²) in [7, 11) is 0. The Hall–Kier alpha value is -1.55. The second-order valence-corrected chi connectivity index (χ2v) is 5.68. The Morgan fingerprint density at radius 3 is 2.71 bits per heavy atom. The fourth-order valence-corrected chi connectivity index (χ4v) is 2.87. The number of likely N-dealkylation sites (tertiary alicyclic amines) is 1. The third-order valence-corrected chi connectivity index (χ3v) is 4.08. The molecule has 0 radical (unpaired) electrons. The van der Waals surface area contributed by atoms with Crippen LogP contribution in [0.3, 0.4) is 0 Å². The predicted octanol–water partition coefficient (Wildman–Crippen LogP) is 3.03. The molecule has 0 saturated carbocycles. The van der Waals surface area contributed by atoms with Crippen molar-refractivity contribution in [1.29, 1.82) is 0 Å². The first-order valence-corrected chi connectivity index (χ1v) is 7.91. The molecule has 116 valence electrons. The molecule has 1 fully saturated rings. The lowest BCUT2D eigenvalue weighted by atomic mass is 9.92. The van der Waals surface area contributed by atoms with E-state index >= 15 is 0 Å². The molecule has 1 aromatic rings. The minimum atomic E-state index is -0.179. The average molecular weight is 290 g/mol. The number of nitrogens with one attached hydrogen (secondary N) is 1. The Bertz CT molecular complexity index is 436. The molecule has 0 aliphatic carbocycles. The number of hydrogen-bond donors (Lipinski definition) is 1. The van der Waals surface area contributed by atoms with Crippen LogP contribution in [0.2, 0.25) is 0 Å². The van der Waals surface area contributed by atoms with Crippen molar-refractivity contribution < 1.29 is 9.53 Å². The van der Waals surface area contributed by atoms with Crippen molar-refractivity contribution in [3.05, 3.63) is 35.9 Å². The third-order valence-electron chi connectivity index (χ3n) is 4.08. The first-order valence-electron chi connectivity index (χ1n) is 7.91. The summed E-state index contributed by atoms with van der Waals surface area (Å²) in [6, 6.07) is 10.7. The maximum absolute atomic E-state index is 12.0. The largest absolute Gasteiger partial charge is 0.450 e. The van der Waals surface area contributed by atoms with Crippen LogP contribution in [0.25, 0.3) is 0 Å². The molecule has 4 nitrogen and oxygen atoms in total. The molecule has 1 aliphatic heterocycles. The molecule has 1 amide bonds. The van der Waals surface area contributed by atoms with Gasteiger partial charge in [0, 0.05) is 25.7 Å². The molecule has 1 N–H and O–H groups in total. The van der Waals surface area contributed by atoms with Gasteiger partial charge in [-0.2, -0.15) is 0 Å². The van der Waals surface area contributed by atoms with Gasteiger partial charge in [0.1, 0.15) is 0 Å². The Morgan fingerprint density at radius 1 is 1.29 bits per heavy atom. The second kappa shape index (κ2) is 8.03. The Morgan fingerprint density at radius 2 is 2.05 bits per heavy atom. The summed E-state index contributed by atoms with van der Waals surface area (Å²) < 4.78 is 5.14. The van der Waals surface area contributed by atoms with Gasteiger partial charge in [-0.15, -0.1) is 0 Å². The number of carbonyl (C=O) groups is 1. The first-order chi connectivity index (χ1) is 10.2. The summed E-state index contributed by atoms with van der Waals surface area (Å²) in [6.45, 7) is 6.88. The summed E-state index contributed by atoms with van der Waals surface area (Å²) in [5.41, 5.74) is 1.28. The number of amides is 1. The minimum Gasteiger partial charge on any atom is -0.450 e. The quantitative estimate of drug-likeness (QED) is 0.906. The highest BCUT2D eigenvalue weighted by atomic mass is 16.6. The van der Waals surface area contributed by atoms with Crippen molar-refractivity contribution in [2.75, 3.05) is 19.7 Å². The molecule has 1 saturated heterocycles. The lowest BCUT2D eigenvalue weighted by molar-refractivity contribution is 0.0779. The van der Waals surface area contributed by atoms with E-state index in [1.165, 1.54) is 5.56 Å². The zero-order valence-electron chi connectivity index (χ0n) is 13.0. The number of hydrogen-bond acceptors (Lipinski definition) is 3. The maximum Gasteiger partial charge on any atom is 0.409 e. The lowest BCUT2D eigenvalue weighted by Gasteiger charge is -2.37. The Balaban J connectivity index is 1.90. The van der Waals surface area contributed by atoms with E-state index < -0.39 is 0 Å². The fourth-order valence-electron chi connectivity index (χ4n) is 2.87. The zero-order chi connectivity index (χ0) is 15.1. The van der Waals surface area contributed by atoms with Gasteiger partial charge in [0.15, 0.2) is 0 Å². The molecule has 0 spiro atoms. The number of ether oxygens (including phenoxy) is 1. The fraction of sp³-hybridized carbons (Fsp3) is 0.588. The first kappa shape index (κ1) is 15.8. The summed E-state index contributed by atoms with van der Waals surface area (Å²) in [4.78, 5) is 13.8. The number of benzene rings is 1. The highest BCUT2D eigenvalue weighted by molar-refractivity contribution is 5.67. The molecule has 0 aromatic heterocycles. The summed E-state index contributed by atoms with van der Waals surface area (Å²) in [5.74, 6) is 0.552. The van der Waals surface area contributed by atoms with Crippen molar-refractivity contribution in [1.82, 2.24) is 10.2 Å². The molecule has 1 aromatic carbocycles. The Kier molecular flexibility index (Phi) is 6.05. The third kappa shape index (κ3) is 4.74. The average Bonchev–Trinajstić information content (AvgIpc) is 2.54. The van der Waals surface area contributed by atoms with Gasteiger partial charge in [-0.05, 0) is 24.8 Å². The smallest absolute Gasteiger partial charge is 0.409 e. The van der Waals surface area contributed by atoms with Crippen LogP contribution in [0.15, 0.2) is 30.3 Å². The molecule has 2 atom stereocenters. The second-order valence-electron chi connectivity index (χ2n) is 5.68. The summed E-state index contributed by atoms with van der Waals surface area (Å²) >= 11 is 0. The number of piperidine rings is 1. The monoisotopic (exact) mass is 290 g/mol. The molecule has 2 rings (SSSR count). The van der Waals surface area contributed by atoms with Gasteiger partial charge in [-0.25, -0.2) is 4.79 Å². The van der Waals surface area contributed by atoms with Gasteiger partial charge in [-0.3, -0.25) is 0 Å². The van der Waals surface area contributed by atoms with Crippen LogP contribution in [0.4, 0.5) is 4.79 Å². The van der Waals surface area contributed by atoms with Crippen molar-refractivity contribution in [3.63, 3.8) is 0 Å². The molecule has 4 heteroatoms. The van der Waals surface area contributed by atoms with Crippen LogP contribution in [0, 0.1) is 5.92 Å². The minimum absolute atomic E-state index is 0.179. The highest BCUT2D eigenvalue weighted by Gasteiger charge is 2.29. The summed E-state index contributed by atoms with van der Waals surface area (Å²) in [6.07, 6.45) is 2.04. The molecule has 1 heterocycles. The standard InChI is InChI=1S/C17H26N2O2/c1-3-14-10-16(13-19(12-14)17(20)21-4-2)18-11-15-8-6-5-7-9-15/h5-9,14,16,18H,3-4,10-13H2,1-2H3. The van der Waals surface area contributed by atoms with E-state index in [0.717, 1.165) is 32.5 Å². The van der Waals surface area contributed by atoms with Crippen LogP contribution < -0.4 is 5.32 Å². The van der Waals surface area contributed by atoms with E-state index in [1.54, 1.807) is 0 Å². The van der Waals surface area contributed by atoms with Crippen LogP contribution in [0.1, 0.15) is 32.3 Å². The molecule has 1 aliphatic rings.